The first-order chi connectivity index (χ1) is 10.1. The van der Waals surface area contributed by atoms with Gasteiger partial charge in [-0.2, -0.15) is 0 Å². The normalized spacial score (nSPS) is 12.5. The van der Waals surface area contributed by atoms with Crippen LogP contribution in [0.1, 0.15) is 17.2 Å². The fraction of sp³-hybridized carbons (Fsp3) is 0.118. The van der Waals surface area contributed by atoms with Gasteiger partial charge in [0, 0.05) is 22.6 Å². The zero-order valence-electron chi connectivity index (χ0n) is 11.3. The van der Waals surface area contributed by atoms with E-state index in [9.17, 15) is 4.39 Å². The lowest BCUT2D eigenvalue weighted by molar-refractivity contribution is 0.626. The molecule has 3 aromatic rings. The van der Waals surface area contributed by atoms with Crippen LogP contribution in [0.5, 0.6) is 0 Å². The Morgan fingerprint density at radius 3 is 2.76 bits per heavy atom. The summed E-state index contributed by atoms with van der Waals surface area (Å²) >= 11 is 6.07. The molecule has 1 aromatic heterocycles. The molecule has 0 aliphatic carbocycles. The first-order valence-corrected chi connectivity index (χ1v) is 7.06. The molecular formula is C17H14ClFN2. The molecule has 2 aromatic carbocycles. The van der Waals surface area contributed by atoms with E-state index in [-0.39, 0.29) is 11.9 Å². The monoisotopic (exact) mass is 300 g/mol. The van der Waals surface area contributed by atoms with Gasteiger partial charge in [-0.3, -0.25) is 4.98 Å². The predicted octanol–water partition coefficient (Wildman–Crippen LogP) is 4.27. The maximum Gasteiger partial charge on any atom is 0.124 e. The topological polar surface area (TPSA) is 38.9 Å². The summed E-state index contributed by atoms with van der Waals surface area (Å²) in [5.74, 6) is -0.341. The molecule has 0 bridgehead atoms. The highest BCUT2D eigenvalue weighted by Crippen LogP contribution is 2.26. The smallest absolute Gasteiger partial charge is 0.124 e. The number of aromatic nitrogens is 1. The van der Waals surface area contributed by atoms with E-state index >= 15 is 0 Å². The second-order valence-electron chi connectivity index (χ2n) is 4.96. The number of nitrogens with zero attached hydrogens (tertiary/aromatic N) is 1. The zero-order valence-corrected chi connectivity index (χ0v) is 12.0. The minimum atomic E-state index is -0.341. The number of fused-ring (bicyclic) bond motifs is 1. The number of hydrogen-bond donors (Lipinski definition) is 1. The third kappa shape index (κ3) is 2.89. The molecule has 0 aliphatic heterocycles. The highest BCUT2D eigenvalue weighted by atomic mass is 35.5. The molecule has 0 fully saturated rings. The summed E-state index contributed by atoms with van der Waals surface area (Å²) in [4.78, 5) is 4.33. The van der Waals surface area contributed by atoms with Crippen LogP contribution >= 0.6 is 11.6 Å². The Kier molecular flexibility index (Phi) is 3.86. The van der Waals surface area contributed by atoms with E-state index in [4.69, 9.17) is 17.3 Å². The molecule has 0 radical (unpaired) electrons. The van der Waals surface area contributed by atoms with Crippen LogP contribution < -0.4 is 5.73 Å². The van der Waals surface area contributed by atoms with Crippen LogP contribution in [-0.2, 0) is 6.42 Å². The molecule has 1 heterocycles. The van der Waals surface area contributed by atoms with Gasteiger partial charge in [-0.15, -0.1) is 0 Å². The van der Waals surface area contributed by atoms with Crippen LogP contribution in [0.25, 0.3) is 10.9 Å². The van der Waals surface area contributed by atoms with Crippen molar-refractivity contribution >= 4 is 22.5 Å². The first kappa shape index (κ1) is 14.0. The van der Waals surface area contributed by atoms with Gasteiger partial charge < -0.3 is 5.73 Å². The molecule has 21 heavy (non-hydrogen) atoms. The summed E-state index contributed by atoms with van der Waals surface area (Å²) in [5, 5.41) is 1.44. The number of benzene rings is 2. The maximum absolute atomic E-state index is 13.1. The van der Waals surface area contributed by atoms with Gasteiger partial charge in [0.05, 0.1) is 5.52 Å². The number of para-hydroxylation sites is 1. The molecule has 1 unspecified atom stereocenters. The fourth-order valence-electron chi connectivity index (χ4n) is 2.48. The lowest BCUT2D eigenvalue weighted by Crippen LogP contribution is -2.14. The lowest BCUT2D eigenvalue weighted by atomic mass is 9.97. The Hall–Kier alpha value is -1.97. The Morgan fingerprint density at radius 1 is 1.14 bits per heavy atom. The van der Waals surface area contributed by atoms with E-state index < -0.39 is 0 Å². The van der Waals surface area contributed by atoms with Crippen LogP contribution in [0, 0.1) is 5.82 Å². The van der Waals surface area contributed by atoms with Crippen LogP contribution in [0.3, 0.4) is 0 Å². The summed E-state index contributed by atoms with van der Waals surface area (Å²) in [6.45, 7) is 0. The van der Waals surface area contributed by atoms with Crippen LogP contribution in [0.2, 0.25) is 5.02 Å². The second-order valence-corrected chi connectivity index (χ2v) is 5.37. The van der Waals surface area contributed by atoms with E-state index in [0.717, 1.165) is 22.0 Å². The van der Waals surface area contributed by atoms with E-state index in [1.165, 1.54) is 12.1 Å². The third-order valence-corrected chi connectivity index (χ3v) is 3.89. The molecular weight excluding hydrogens is 287 g/mol. The van der Waals surface area contributed by atoms with Gasteiger partial charge in [0.2, 0.25) is 0 Å². The fourth-order valence-corrected chi connectivity index (χ4v) is 2.72. The molecule has 0 saturated heterocycles. The molecule has 0 saturated carbocycles. The van der Waals surface area contributed by atoms with E-state index in [1.807, 2.05) is 30.3 Å². The number of rotatable bonds is 3. The van der Waals surface area contributed by atoms with Crippen molar-refractivity contribution in [3.8, 4) is 0 Å². The number of hydrogen-bond acceptors (Lipinski definition) is 2. The Morgan fingerprint density at radius 2 is 1.95 bits per heavy atom. The van der Waals surface area contributed by atoms with Crippen LogP contribution in [0.15, 0.2) is 54.7 Å². The van der Waals surface area contributed by atoms with Gasteiger partial charge in [-0.05, 0) is 41.8 Å². The standard InChI is InChI=1S/C17H14ClFN2/c18-15-10-12(19)6-5-11(15)9-16(20)13-7-8-21-17-4-2-1-3-14(13)17/h1-8,10,16H,9,20H2. The Balaban J connectivity index is 1.95. The van der Waals surface area contributed by atoms with Crippen molar-refractivity contribution < 1.29 is 4.39 Å². The van der Waals surface area contributed by atoms with Gasteiger partial charge in [0.25, 0.3) is 0 Å². The highest BCUT2D eigenvalue weighted by molar-refractivity contribution is 6.31. The number of nitrogens with two attached hydrogens (primary N) is 1. The van der Waals surface area contributed by atoms with E-state index in [1.54, 1.807) is 12.3 Å². The average molecular weight is 301 g/mol. The summed E-state index contributed by atoms with van der Waals surface area (Å²) in [6.07, 6.45) is 2.30. The average Bonchev–Trinajstić information content (AvgIpc) is 2.49. The zero-order chi connectivity index (χ0) is 14.8. The Bertz CT molecular complexity index is 783. The molecule has 2 N–H and O–H groups in total. The van der Waals surface area contributed by atoms with E-state index in [2.05, 4.69) is 4.98 Å². The molecule has 0 spiro atoms. The van der Waals surface area contributed by atoms with Crippen LogP contribution in [0.4, 0.5) is 4.39 Å². The van der Waals surface area contributed by atoms with Gasteiger partial charge in [0.15, 0.2) is 0 Å². The van der Waals surface area contributed by atoms with Gasteiger partial charge in [-0.25, -0.2) is 4.39 Å². The second kappa shape index (κ2) is 5.80. The third-order valence-electron chi connectivity index (χ3n) is 3.54. The number of pyridine rings is 1. The van der Waals surface area contributed by atoms with Gasteiger partial charge in [-0.1, -0.05) is 35.9 Å². The maximum atomic E-state index is 13.1. The van der Waals surface area contributed by atoms with Crippen molar-refractivity contribution in [2.75, 3.05) is 0 Å². The largest absolute Gasteiger partial charge is 0.324 e. The molecule has 0 aliphatic rings. The summed E-state index contributed by atoms with van der Waals surface area (Å²) in [6, 6.07) is 14.0. The molecule has 3 rings (SSSR count). The minimum absolute atomic E-state index is 0.221. The summed E-state index contributed by atoms with van der Waals surface area (Å²) < 4.78 is 13.1. The predicted molar refractivity (Wildman–Crippen MR) is 83.8 cm³/mol. The number of halogens is 2. The lowest BCUT2D eigenvalue weighted by Gasteiger charge is -2.15. The van der Waals surface area contributed by atoms with Crippen molar-refractivity contribution in [3.63, 3.8) is 0 Å². The minimum Gasteiger partial charge on any atom is -0.324 e. The molecule has 2 nitrogen and oxygen atoms in total. The van der Waals surface area contributed by atoms with Crippen molar-refractivity contribution in [3.05, 3.63) is 76.7 Å². The van der Waals surface area contributed by atoms with Crippen molar-refractivity contribution in [2.24, 2.45) is 5.73 Å². The molecule has 4 heteroatoms. The van der Waals surface area contributed by atoms with Crippen molar-refractivity contribution in [1.82, 2.24) is 4.98 Å². The SMILES string of the molecule is NC(Cc1ccc(F)cc1Cl)c1ccnc2ccccc12. The van der Waals surface area contributed by atoms with Crippen LogP contribution in [-0.4, -0.2) is 4.98 Å². The van der Waals surface area contributed by atoms with Crippen molar-refractivity contribution in [1.29, 1.82) is 0 Å². The molecule has 106 valence electrons. The highest BCUT2D eigenvalue weighted by Gasteiger charge is 2.13. The molecule has 0 amide bonds. The van der Waals surface area contributed by atoms with Gasteiger partial charge >= 0.3 is 0 Å². The van der Waals surface area contributed by atoms with E-state index in [0.29, 0.717) is 11.4 Å². The molecule has 1 atom stereocenters. The Labute approximate surface area is 127 Å². The first-order valence-electron chi connectivity index (χ1n) is 6.68. The summed E-state index contributed by atoms with van der Waals surface area (Å²) in [7, 11) is 0. The summed E-state index contributed by atoms with van der Waals surface area (Å²) in [5.41, 5.74) is 9.09. The van der Waals surface area contributed by atoms with Gasteiger partial charge in [0.1, 0.15) is 5.82 Å². The quantitative estimate of drug-likeness (QED) is 0.784. The van der Waals surface area contributed by atoms with Crippen molar-refractivity contribution in [2.45, 2.75) is 12.5 Å².